The Bertz CT molecular complexity index is 765. The number of rotatable bonds is 6. The first-order chi connectivity index (χ1) is 12.5. The molecule has 1 unspecified atom stereocenters. The van der Waals surface area contributed by atoms with Crippen LogP contribution >= 0.6 is 23.5 Å². The zero-order valence-electron chi connectivity index (χ0n) is 15.7. The van der Waals surface area contributed by atoms with Gasteiger partial charge in [0.05, 0.1) is 10.1 Å². The first kappa shape index (κ1) is 21.5. The molecule has 1 heterocycles. The van der Waals surface area contributed by atoms with Gasteiger partial charge in [0.2, 0.25) is 5.91 Å². The van der Waals surface area contributed by atoms with Crippen molar-refractivity contribution in [3.8, 4) is 0 Å². The molecule has 1 aromatic carbocycles. The predicted molar refractivity (Wildman–Crippen MR) is 107 cm³/mol. The maximum atomic E-state index is 13.3. The molecular weight excluding hydrogens is 386 g/mol. The standard InChI is InChI=1S/C19H23NO5S2/c1-12(21)27-15(10-14(22)13-8-6-5-7-9-13)16(23)20-18(2,3)26-11-19(20,4)17(24)25/h5-9,15H,10-11H2,1-4H3,(H,24,25)/t15?,19-/m0/s1. The number of carbonyl (C=O) groups excluding carboxylic acids is 3. The summed E-state index contributed by atoms with van der Waals surface area (Å²) in [7, 11) is 0. The molecule has 0 aliphatic carbocycles. The van der Waals surface area contributed by atoms with Gasteiger partial charge in [-0.3, -0.25) is 14.4 Å². The van der Waals surface area contributed by atoms with Gasteiger partial charge in [-0.1, -0.05) is 42.1 Å². The van der Waals surface area contributed by atoms with E-state index in [-0.39, 0.29) is 23.1 Å². The zero-order chi connectivity index (χ0) is 20.4. The summed E-state index contributed by atoms with van der Waals surface area (Å²) in [6.07, 6.45) is -0.167. The Morgan fingerprint density at radius 2 is 1.78 bits per heavy atom. The van der Waals surface area contributed by atoms with Crippen LogP contribution in [0.15, 0.2) is 30.3 Å². The number of aliphatic carboxylic acids is 1. The minimum Gasteiger partial charge on any atom is -0.479 e. The molecule has 27 heavy (non-hydrogen) atoms. The van der Waals surface area contributed by atoms with Crippen LogP contribution in [-0.4, -0.2) is 54.2 Å². The number of hydrogen-bond donors (Lipinski definition) is 1. The van der Waals surface area contributed by atoms with Gasteiger partial charge in [0.1, 0.15) is 5.54 Å². The van der Waals surface area contributed by atoms with Crippen LogP contribution in [0.4, 0.5) is 0 Å². The third-order valence-corrected chi connectivity index (χ3v) is 7.05. The average molecular weight is 410 g/mol. The van der Waals surface area contributed by atoms with Crippen LogP contribution in [0.3, 0.4) is 0 Å². The van der Waals surface area contributed by atoms with Crippen LogP contribution in [-0.2, 0) is 14.4 Å². The lowest BCUT2D eigenvalue weighted by molar-refractivity contribution is -0.158. The minimum absolute atomic E-state index is 0.167. The highest BCUT2D eigenvalue weighted by atomic mass is 32.2. The Kier molecular flexibility index (Phi) is 6.42. The van der Waals surface area contributed by atoms with Crippen LogP contribution in [0.1, 0.15) is 44.5 Å². The number of hydrogen-bond acceptors (Lipinski definition) is 6. The molecule has 0 bridgehead atoms. The molecule has 1 aliphatic heterocycles. The Balaban J connectivity index is 2.34. The van der Waals surface area contributed by atoms with Gasteiger partial charge in [-0.2, -0.15) is 0 Å². The average Bonchev–Trinajstić information content (AvgIpc) is 2.84. The summed E-state index contributed by atoms with van der Waals surface area (Å²) < 4.78 is 0. The first-order valence-electron chi connectivity index (χ1n) is 8.46. The fraction of sp³-hybridized carbons (Fsp3) is 0.474. The summed E-state index contributed by atoms with van der Waals surface area (Å²) in [5.41, 5.74) is -0.938. The van der Waals surface area contributed by atoms with E-state index in [9.17, 15) is 24.3 Å². The van der Waals surface area contributed by atoms with Gasteiger partial charge in [0, 0.05) is 24.7 Å². The molecule has 0 spiro atoms. The van der Waals surface area contributed by atoms with Crippen molar-refractivity contribution < 1.29 is 24.3 Å². The van der Waals surface area contributed by atoms with Gasteiger partial charge in [-0.25, -0.2) is 4.79 Å². The number of benzene rings is 1. The van der Waals surface area contributed by atoms with Crippen molar-refractivity contribution in [2.24, 2.45) is 0 Å². The highest BCUT2D eigenvalue weighted by Gasteiger charge is 2.56. The van der Waals surface area contributed by atoms with E-state index in [2.05, 4.69) is 0 Å². The third-order valence-electron chi connectivity index (χ3n) is 4.47. The lowest BCUT2D eigenvalue weighted by Gasteiger charge is -2.40. The van der Waals surface area contributed by atoms with Crippen molar-refractivity contribution >= 4 is 46.3 Å². The van der Waals surface area contributed by atoms with E-state index in [1.54, 1.807) is 44.2 Å². The van der Waals surface area contributed by atoms with Gasteiger partial charge in [-0.15, -0.1) is 11.8 Å². The molecule has 1 aromatic rings. The van der Waals surface area contributed by atoms with Gasteiger partial charge in [0.15, 0.2) is 10.9 Å². The first-order valence-corrected chi connectivity index (χ1v) is 10.3. The van der Waals surface area contributed by atoms with E-state index in [1.807, 2.05) is 0 Å². The number of nitrogens with zero attached hydrogens (tertiary/aromatic N) is 1. The molecule has 8 heteroatoms. The molecule has 1 aliphatic rings. The second-order valence-electron chi connectivity index (χ2n) is 7.08. The molecule has 1 amide bonds. The summed E-state index contributed by atoms with van der Waals surface area (Å²) in [5.74, 6) is -1.62. The van der Waals surface area contributed by atoms with Crippen molar-refractivity contribution in [3.05, 3.63) is 35.9 Å². The highest BCUT2D eigenvalue weighted by Crippen LogP contribution is 2.46. The molecule has 2 atom stereocenters. The SMILES string of the molecule is CC(=O)SC(CC(=O)c1ccccc1)C(=O)N1C(C)(C)SC[C@@]1(C)C(=O)O. The van der Waals surface area contributed by atoms with E-state index in [0.717, 1.165) is 11.8 Å². The lowest BCUT2D eigenvalue weighted by atomic mass is 9.98. The number of Topliss-reactive ketones (excluding diaryl/α,β-unsaturated/α-hetero) is 1. The molecule has 0 saturated carbocycles. The van der Waals surface area contributed by atoms with Gasteiger partial charge in [-0.05, 0) is 20.8 Å². The lowest BCUT2D eigenvalue weighted by Crippen LogP contribution is -2.60. The molecule has 1 saturated heterocycles. The zero-order valence-corrected chi connectivity index (χ0v) is 17.4. The third kappa shape index (κ3) is 4.55. The summed E-state index contributed by atoms with van der Waals surface area (Å²) in [6, 6.07) is 8.54. The summed E-state index contributed by atoms with van der Waals surface area (Å²) >= 11 is 2.15. The van der Waals surface area contributed by atoms with Gasteiger partial charge in [0.25, 0.3) is 0 Å². The van der Waals surface area contributed by atoms with E-state index in [0.29, 0.717) is 5.56 Å². The maximum Gasteiger partial charge on any atom is 0.330 e. The Morgan fingerprint density at radius 1 is 1.19 bits per heavy atom. The maximum absolute atomic E-state index is 13.3. The number of thioether (sulfide) groups is 2. The van der Waals surface area contributed by atoms with Gasteiger partial charge < -0.3 is 10.0 Å². The topological polar surface area (TPSA) is 91.8 Å². The Labute approximate surface area is 167 Å². The molecule has 146 valence electrons. The molecule has 0 radical (unpaired) electrons. The number of carbonyl (C=O) groups is 4. The van der Waals surface area contributed by atoms with Crippen LogP contribution in [0.5, 0.6) is 0 Å². The van der Waals surface area contributed by atoms with Crippen molar-refractivity contribution in [1.82, 2.24) is 4.90 Å². The number of carboxylic acid groups (broad SMARTS) is 1. The summed E-state index contributed by atoms with van der Waals surface area (Å²) in [6.45, 7) is 6.39. The van der Waals surface area contributed by atoms with Crippen molar-refractivity contribution in [1.29, 1.82) is 0 Å². The van der Waals surface area contributed by atoms with E-state index < -0.39 is 27.5 Å². The monoisotopic (exact) mass is 409 g/mol. The van der Waals surface area contributed by atoms with Crippen LogP contribution in [0.25, 0.3) is 0 Å². The second-order valence-corrected chi connectivity index (χ2v) is 10.0. The van der Waals surface area contributed by atoms with E-state index >= 15 is 0 Å². The fourth-order valence-corrected chi connectivity index (χ4v) is 5.29. The Morgan fingerprint density at radius 3 is 2.30 bits per heavy atom. The van der Waals surface area contributed by atoms with E-state index in [1.165, 1.54) is 30.5 Å². The molecule has 0 aromatic heterocycles. The molecule has 1 fully saturated rings. The Hall–Kier alpha value is -1.80. The fourth-order valence-electron chi connectivity index (χ4n) is 3.14. The van der Waals surface area contributed by atoms with Gasteiger partial charge >= 0.3 is 5.97 Å². The predicted octanol–water partition coefficient (Wildman–Crippen LogP) is 3.06. The van der Waals surface area contributed by atoms with Crippen LogP contribution in [0, 0.1) is 0 Å². The molecule has 6 nitrogen and oxygen atoms in total. The van der Waals surface area contributed by atoms with Crippen molar-refractivity contribution in [2.45, 2.75) is 49.8 Å². The molecule has 2 rings (SSSR count). The van der Waals surface area contributed by atoms with Crippen LogP contribution in [0.2, 0.25) is 0 Å². The molecule has 1 N–H and O–H groups in total. The molecular formula is C19H23NO5S2. The minimum atomic E-state index is -1.39. The van der Waals surface area contributed by atoms with E-state index in [4.69, 9.17) is 0 Å². The summed E-state index contributed by atoms with van der Waals surface area (Å²) in [4.78, 5) is 50.0. The quantitative estimate of drug-likeness (QED) is 0.722. The normalized spacial score (nSPS) is 22.3. The van der Waals surface area contributed by atoms with Crippen molar-refractivity contribution in [3.63, 3.8) is 0 Å². The van der Waals surface area contributed by atoms with Crippen molar-refractivity contribution in [2.75, 3.05) is 5.75 Å². The number of carboxylic acids is 1. The largest absolute Gasteiger partial charge is 0.479 e. The summed E-state index contributed by atoms with van der Waals surface area (Å²) in [5, 5.41) is 8.44. The smallest absolute Gasteiger partial charge is 0.330 e. The second kappa shape index (κ2) is 8.06. The number of ketones is 1. The number of amides is 1. The highest BCUT2D eigenvalue weighted by molar-refractivity contribution is 8.14. The van der Waals surface area contributed by atoms with Crippen LogP contribution < -0.4 is 0 Å².